The third-order valence-corrected chi connectivity index (χ3v) is 4.92. The summed E-state index contributed by atoms with van der Waals surface area (Å²) in [5.41, 5.74) is 3.03. The van der Waals surface area contributed by atoms with Crippen LogP contribution in [-0.4, -0.2) is 36.6 Å². The van der Waals surface area contributed by atoms with E-state index in [2.05, 4.69) is 52.5 Å². The molecule has 26 heavy (non-hydrogen) atoms. The highest BCUT2D eigenvalue weighted by molar-refractivity contribution is 5.90. The van der Waals surface area contributed by atoms with Gasteiger partial charge in [-0.15, -0.1) is 12.4 Å². The van der Waals surface area contributed by atoms with Gasteiger partial charge in [0.05, 0.1) is 5.56 Å². The number of ether oxygens (including phenoxy) is 1. The quantitative estimate of drug-likeness (QED) is 0.659. The Labute approximate surface area is 165 Å². The van der Waals surface area contributed by atoms with Crippen molar-refractivity contribution in [3.63, 3.8) is 0 Å². The summed E-state index contributed by atoms with van der Waals surface area (Å²) >= 11 is 0. The summed E-state index contributed by atoms with van der Waals surface area (Å²) < 4.78 is 5.75. The second kappa shape index (κ2) is 8.75. The molecule has 0 spiro atoms. The SMILES string of the molecule is CC(CN1CCCC1)OC(=O)c1cc(C(C)(C)C)cc(C(C)(C)C)c1.Cl. The minimum atomic E-state index is -0.205. The molecule has 0 bridgehead atoms. The van der Waals surface area contributed by atoms with Crippen molar-refractivity contribution in [3.05, 3.63) is 34.9 Å². The van der Waals surface area contributed by atoms with E-state index in [0.29, 0.717) is 5.56 Å². The molecule has 1 unspecified atom stereocenters. The van der Waals surface area contributed by atoms with E-state index in [9.17, 15) is 4.79 Å². The zero-order valence-electron chi connectivity index (χ0n) is 17.5. The topological polar surface area (TPSA) is 29.5 Å². The summed E-state index contributed by atoms with van der Waals surface area (Å²) in [6.45, 7) is 18.1. The monoisotopic (exact) mass is 381 g/mol. The van der Waals surface area contributed by atoms with Crippen LogP contribution in [-0.2, 0) is 15.6 Å². The maximum absolute atomic E-state index is 12.7. The first-order valence-corrected chi connectivity index (χ1v) is 9.56. The lowest BCUT2D eigenvalue weighted by atomic mass is 9.79. The third-order valence-electron chi connectivity index (χ3n) is 4.92. The molecule has 0 radical (unpaired) electrons. The minimum absolute atomic E-state index is 0. The largest absolute Gasteiger partial charge is 0.458 e. The van der Waals surface area contributed by atoms with Gasteiger partial charge in [0.25, 0.3) is 0 Å². The van der Waals surface area contributed by atoms with Gasteiger partial charge in [-0.25, -0.2) is 4.79 Å². The predicted octanol–water partition coefficient (Wildman–Crippen LogP) is 5.34. The van der Waals surface area contributed by atoms with Crippen molar-refractivity contribution in [2.45, 2.75) is 78.2 Å². The minimum Gasteiger partial charge on any atom is -0.458 e. The van der Waals surface area contributed by atoms with Gasteiger partial charge in [-0.2, -0.15) is 0 Å². The Morgan fingerprint density at radius 1 is 1.00 bits per heavy atom. The molecule has 0 N–H and O–H groups in total. The second-order valence-electron chi connectivity index (χ2n) is 9.52. The number of rotatable bonds is 4. The first kappa shape index (κ1) is 23.0. The molecule has 1 saturated heterocycles. The Morgan fingerprint density at radius 2 is 1.46 bits per heavy atom. The highest BCUT2D eigenvalue weighted by Gasteiger charge is 2.24. The van der Waals surface area contributed by atoms with Crippen LogP contribution in [0.5, 0.6) is 0 Å². The predicted molar refractivity (Wildman–Crippen MR) is 112 cm³/mol. The van der Waals surface area contributed by atoms with E-state index < -0.39 is 0 Å². The summed E-state index contributed by atoms with van der Waals surface area (Å²) in [6, 6.07) is 6.23. The van der Waals surface area contributed by atoms with E-state index in [1.165, 1.54) is 24.0 Å². The number of carbonyl (C=O) groups excluding carboxylic acids is 1. The summed E-state index contributed by atoms with van der Waals surface area (Å²) in [7, 11) is 0. The lowest BCUT2D eigenvalue weighted by Crippen LogP contribution is -2.31. The molecule has 0 amide bonds. The number of esters is 1. The molecule has 1 aromatic rings. The highest BCUT2D eigenvalue weighted by Crippen LogP contribution is 2.30. The average Bonchev–Trinajstić information content (AvgIpc) is 2.97. The van der Waals surface area contributed by atoms with Gasteiger partial charge >= 0.3 is 5.97 Å². The van der Waals surface area contributed by atoms with Crippen LogP contribution in [0.25, 0.3) is 0 Å². The van der Waals surface area contributed by atoms with E-state index in [-0.39, 0.29) is 35.3 Å². The normalized spacial score (nSPS) is 16.9. The van der Waals surface area contributed by atoms with Crippen LogP contribution in [0, 0.1) is 0 Å². The number of nitrogens with zero attached hydrogens (tertiary/aromatic N) is 1. The molecule has 148 valence electrons. The number of likely N-dealkylation sites (tertiary alicyclic amines) is 1. The van der Waals surface area contributed by atoms with Gasteiger partial charge < -0.3 is 4.74 Å². The third kappa shape index (κ3) is 6.28. The van der Waals surface area contributed by atoms with E-state index in [1.54, 1.807) is 0 Å². The molecule has 0 aliphatic carbocycles. The Balaban J connectivity index is 0.00000338. The molecular formula is C22H36ClNO2. The maximum atomic E-state index is 12.7. The summed E-state index contributed by atoms with van der Waals surface area (Å²) in [5.74, 6) is -0.205. The molecule has 0 aromatic heterocycles. The molecule has 1 aromatic carbocycles. The summed E-state index contributed by atoms with van der Waals surface area (Å²) in [4.78, 5) is 15.1. The van der Waals surface area contributed by atoms with Gasteiger partial charge in [-0.1, -0.05) is 47.6 Å². The smallest absolute Gasteiger partial charge is 0.338 e. The van der Waals surface area contributed by atoms with Gasteiger partial charge in [-0.05, 0) is 66.9 Å². The van der Waals surface area contributed by atoms with E-state index in [4.69, 9.17) is 4.74 Å². The zero-order valence-corrected chi connectivity index (χ0v) is 18.3. The van der Waals surface area contributed by atoms with E-state index in [0.717, 1.165) is 19.6 Å². The number of halogens is 1. The molecule has 1 atom stereocenters. The molecule has 1 aliphatic heterocycles. The Bertz CT molecular complexity index is 575. The van der Waals surface area contributed by atoms with Crippen molar-refractivity contribution in [1.82, 2.24) is 4.90 Å². The van der Waals surface area contributed by atoms with Crippen LogP contribution >= 0.6 is 12.4 Å². The van der Waals surface area contributed by atoms with Crippen LogP contribution in [0.4, 0.5) is 0 Å². The Morgan fingerprint density at radius 3 is 1.88 bits per heavy atom. The molecule has 1 fully saturated rings. The fourth-order valence-electron chi connectivity index (χ4n) is 3.23. The average molecular weight is 382 g/mol. The van der Waals surface area contributed by atoms with Gasteiger partial charge in [0, 0.05) is 6.54 Å². The molecule has 4 heteroatoms. The number of carbonyl (C=O) groups is 1. The fraction of sp³-hybridized carbons (Fsp3) is 0.682. The highest BCUT2D eigenvalue weighted by atomic mass is 35.5. The molecular weight excluding hydrogens is 346 g/mol. The van der Waals surface area contributed by atoms with Crippen molar-refractivity contribution >= 4 is 18.4 Å². The lowest BCUT2D eigenvalue weighted by Gasteiger charge is -2.26. The van der Waals surface area contributed by atoms with Gasteiger partial charge in [0.2, 0.25) is 0 Å². The second-order valence-corrected chi connectivity index (χ2v) is 9.52. The van der Waals surface area contributed by atoms with Crippen LogP contribution in [0.1, 0.15) is 82.8 Å². The Kier molecular flexibility index (Phi) is 7.74. The van der Waals surface area contributed by atoms with Crippen molar-refractivity contribution in [3.8, 4) is 0 Å². The first-order valence-electron chi connectivity index (χ1n) is 9.56. The molecule has 2 rings (SSSR count). The van der Waals surface area contributed by atoms with Crippen LogP contribution in [0.3, 0.4) is 0 Å². The van der Waals surface area contributed by atoms with E-state index >= 15 is 0 Å². The molecule has 0 saturated carbocycles. The summed E-state index contributed by atoms with van der Waals surface area (Å²) in [6.07, 6.45) is 2.42. The van der Waals surface area contributed by atoms with Crippen LogP contribution < -0.4 is 0 Å². The molecule has 1 heterocycles. The lowest BCUT2D eigenvalue weighted by molar-refractivity contribution is 0.0271. The number of benzene rings is 1. The van der Waals surface area contributed by atoms with Crippen LogP contribution in [0.15, 0.2) is 18.2 Å². The first-order chi connectivity index (χ1) is 11.5. The van der Waals surface area contributed by atoms with Gasteiger partial charge in [0.1, 0.15) is 6.10 Å². The maximum Gasteiger partial charge on any atom is 0.338 e. The van der Waals surface area contributed by atoms with Crippen molar-refractivity contribution in [1.29, 1.82) is 0 Å². The summed E-state index contributed by atoms with van der Waals surface area (Å²) in [5, 5.41) is 0. The Hall–Kier alpha value is -1.06. The molecule has 1 aliphatic rings. The number of hydrogen-bond acceptors (Lipinski definition) is 3. The van der Waals surface area contributed by atoms with Crippen molar-refractivity contribution in [2.75, 3.05) is 19.6 Å². The number of hydrogen-bond donors (Lipinski definition) is 0. The van der Waals surface area contributed by atoms with Gasteiger partial charge in [0.15, 0.2) is 0 Å². The zero-order chi connectivity index (χ0) is 18.8. The standard InChI is InChI=1S/C22H35NO2.ClH/c1-16(15-23-10-8-9-11-23)25-20(24)17-12-18(21(2,3)4)14-19(13-17)22(5,6)7;/h12-14,16H,8-11,15H2,1-7H3;1H. The van der Waals surface area contributed by atoms with Crippen molar-refractivity contribution < 1.29 is 9.53 Å². The van der Waals surface area contributed by atoms with Crippen molar-refractivity contribution in [2.24, 2.45) is 0 Å². The van der Waals surface area contributed by atoms with Crippen LogP contribution in [0.2, 0.25) is 0 Å². The fourth-order valence-corrected chi connectivity index (χ4v) is 3.23. The molecule has 3 nitrogen and oxygen atoms in total. The van der Waals surface area contributed by atoms with E-state index in [1.807, 2.05) is 19.1 Å². The van der Waals surface area contributed by atoms with Gasteiger partial charge in [-0.3, -0.25) is 4.90 Å².